The third-order valence-corrected chi connectivity index (χ3v) is 4.35. The number of hydrogen-bond donors (Lipinski definition) is 1. The van der Waals surface area contributed by atoms with Gasteiger partial charge in [0.15, 0.2) is 5.69 Å². The molecule has 0 aliphatic carbocycles. The van der Waals surface area contributed by atoms with E-state index in [0.29, 0.717) is 18.7 Å². The molecule has 2 aromatic rings. The largest absolute Gasteiger partial charge is 0.476 e. The van der Waals surface area contributed by atoms with Gasteiger partial charge in [0.2, 0.25) is 0 Å². The lowest BCUT2D eigenvalue weighted by Crippen LogP contribution is -2.12. The fraction of sp³-hybridized carbons (Fsp3) is 0.571. The zero-order valence-electron chi connectivity index (χ0n) is 12.8. The van der Waals surface area contributed by atoms with Crippen LogP contribution < -0.4 is 0 Å². The van der Waals surface area contributed by atoms with Crippen LogP contribution in [0.5, 0.6) is 0 Å². The maximum absolute atomic E-state index is 11.2. The molecule has 0 saturated carbocycles. The fourth-order valence-electron chi connectivity index (χ4n) is 1.99. The number of rotatable bonds is 5. The minimum atomic E-state index is -1.03. The first-order chi connectivity index (χ1) is 9.82. The third kappa shape index (κ3) is 3.47. The van der Waals surface area contributed by atoms with Crippen LogP contribution >= 0.6 is 11.3 Å². The summed E-state index contributed by atoms with van der Waals surface area (Å²) in [4.78, 5) is 15.8. The molecular weight excluding hydrogens is 288 g/mol. The van der Waals surface area contributed by atoms with E-state index in [4.69, 9.17) is 5.11 Å². The average molecular weight is 308 g/mol. The first-order valence-corrected chi connectivity index (χ1v) is 7.81. The van der Waals surface area contributed by atoms with Crippen molar-refractivity contribution in [1.82, 2.24) is 20.0 Å². The molecule has 21 heavy (non-hydrogen) atoms. The van der Waals surface area contributed by atoms with Crippen LogP contribution in [0.25, 0.3) is 0 Å². The van der Waals surface area contributed by atoms with Gasteiger partial charge in [-0.15, -0.1) is 16.4 Å². The Morgan fingerprint density at radius 3 is 2.67 bits per heavy atom. The predicted molar refractivity (Wildman–Crippen MR) is 80.9 cm³/mol. The van der Waals surface area contributed by atoms with Gasteiger partial charge in [-0.05, 0) is 6.42 Å². The third-order valence-electron chi connectivity index (χ3n) is 3.03. The van der Waals surface area contributed by atoms with Crippen LogP contribution in [0.3, 0.4) is 0 Å². The number of carboxylic acid groups (broad SMARTS) is 1. The van der Waals surface area contributed by atoms with Crippen molar-refractivity contribution in [2.24, 2.45) is 0 Å². The molecule has 0 spiro atoms. The topological polar surface area (TPSA) is 80.9 Å². The molecule has 2 aromatic heterocycles. The molecule has 0 fully saturated rings. The number of nitrogens with zero attached hydrogens (tertiary/aromatic N) is 4. The highest BCUT2D eigenvalue weighted by atomic mass is 32.1. The molecule has 0 aliphatic heterocycles. The second kappa shape index (κ2) is 5.93. The van der Waals surface area contributed by atoms with Gasteiger partial charge in [0.05, 0.1) is 22.9 Å². The minimum absolute atomic E-state index is 0.0176. The quantitative estimate of drug-likeness (QED) is 0.918. The van der Waals surface area contributed by atoms with E-state index in [-0.39, 0.29) is 11.1 Å². The van der Waals surface area contributed by atoms with Gasteiger partial charge in [-0.25, -0.2) is 14.5 Å². The molecule has 0 amide bonds. The van der Waals surface area contributed by atoms with E-state index in [2.05, 4.69) is 36.1 Å². The van der Waals surface area contributed by atoms with Crippen molar-refractivity contribution >= 4 is 17.3 Å². The van der Waals surface area contributed by atoms with Gasteiger partial charge in [0.25, 0.3) is 0 Å². The summed E-state index contributed by atoms with van der Waals surface area (Å²) >= 11 is 1.62. The number of aromatic nitrogens is 4. The Kier molecular flexibility index (Phi) is 4.41. The van der Waals surface area contributed by atoms with Crippen molar-refractivity contribution in [2.45, 2.75) is 52.5 Å². The van der Waals surface area contributed by atoms with Crippen molar-refractivity contribution in [3.63, 3.8) is 0 Å². The summed E-state index contributed by atoms with van der Waals surface area (Å²) in [5.74, 6) is -1.03. The summed E-state index contributed by atoms with van der Waals surface area (Å²) in [6.07, 6.45) is 1.49. The first kappa shape index (κ1) is 15.6. The van der Waals surface area contributed by atoms with E-state index in [1.54, 1.807) is 16.0 Å². The zero-order chi connectivity index (χ0) is 15.6. The lowest BCUT2D eigenvalue weighted by atomic mass is 9.98. The van der Waals surface area contributed by atoms with Crippen LogP contribution in [0.15, 0.2) is 5.38 Å². The van der Waals surface area contributed by atoms with E-state index in [1.807, 2.05) is 12.3 Å². The minimum Gasteiger partial charge on any atom is -0.476 e. The van der Waals surface area contributed by atoms with E-state index in [1.165, 1.54) is 0 Å². The molecule has 2 rings (SSSR count). The summed E-state index contributed by atoms with van der Waals surface area (Å²) in [5.41, 5.74) is 1.62. The molecule has 7 heteroatoms. The monoisotopic (exact) mass is 308 g/mol. The van der Waals surface area contributed by atoms with Crippen LogP contribution in [-0.2, 0) is 18.4 Å². The van der Waals surface area contributed by atoms with Crippen molar-refractivity contribution in [2.75, 3.05) is 0 Å². The lowest BCUT2D eigenvalue weighted by Gasteiger charge is -2.13. The van der Waals surface area contributed by atoms with Crippen molar-refractivity contribution in [1.29, 1.82) is 0 Å². The smallest absolute Gasteiger partial charge is 0.358 e. The predicted octanol–water partition coefficient (Wildman–Crippen LogP) is 2.73. The highest BCUT2D eigenvalue weighted by molar-refractivity contribution is 7.09. The SMILES string of the molecule is CCCc1c(C(=O)O)nnn1Cc1csc(C(C)(C)C)n1. The van der Waals surface area contributed by atoms with Gasteiger partial charge >= 0.3 is 5.97 Å². The standard InChI is InChI=1S/C14H20N4O2S/c1-5-6-10-11(12(19)20)16-17-18(10)7-9-8-21-13(15-9)14(2,3)4/h8H,5-7H2,1-4H3,(H,19,20). The number of aromatic carboxylic acids is 1. The summed E-state index contributed by atoms with van der Waals surface area (Å²) in [6.45, 7) is 8.83. The Hall–Kier alpha value is -1.76. The normalized spacial score (nSPS) is 11.8. The molecule has 2 heterocycles. The van der Waals surface area contributed by atoms with E-state index >= 15 is 0 Å². The molecule has 0 aliphatic rings. The van der Waals surface area contributed by atoms with Crippen molar-refractivity contribution < 1.29 is 9.90 Å². The summed E-state index contributed by atoms with van der Waals surface area (Å²) in [5, 5.41) is 20.0. The van der Waals surface area contributed by atoms with Gasteiger partial charge in [-0.3, -0.25) is 0 Å². The number of thiazole rings is 1. The second-order valence-electron chi connectivity index (χ2n) is 5.99. The van der Waals surface area contributed by atoms with Crippen LogP contribution in [0.1, 0.15) is 61.0 Å². The molecule has 0 atom stereocenters. The molecule has 0 bridgehead atoms. The zero-order valence-corrected chi connectivity index (χ0v) is 13.6. The Balaban J connectivity index is 2.27. The first-order valence-electron chi connectivity index (χ1n) is 6.93. The molecule has 0 aromatic carbocycles. The van der Waals surface area contributed by atoms with Crippen molar-refractivity contribution in [3.8, 4) is 0 Å². The molecular formula is C14H20N4O2S. The Morgan fingerprint density at radius 1 is 1.43 bits per heavy atom. The molecule has 0 unspecified atom stereocenters. The maximum Gasteiger partial charge on any atom is 0.358 e. The number of carboxylic acids is 1. The lowest BCUT2D eigenvalue weighted by molar-refractivity contribution is 0.0689. The summed E-state index contributed by atoms with van der Waals surface area (Å²) in [6, 6.07) is 0. The van der Waals surface area contributed by atoms with E-state index in [0.717, 1.165) is 17.1 Å². The van der Waals surface area contributed by atoms with Gasteiger partial charge in [-0.1, -0.05) is 39.3 Å². The molecule has 0 radical (unpaired) electrons. The molecule has 114 valence electrons. The highest BCUT2D eigenvalue weighted by Crippen LogP contribution is 2.26. The van der Waals surface area contributed by atoms with Crippen LogP contribution in [0.2, 0.25) is 0 Å². The van der Waals surface area contributed by atoms with Gasteiger partial charge in [0, 0.05) is 10.8 Å². The van der Waals surface area contributed by atoms with Gasteiger partial charge in [-0.2, -0.15) is 0 Å². The van der Waals surface area contributed by atoms with Crippen molar-refractivity contribution in [3.05, 3.63) is 27.5 Å². The molecule has 0 saturated heterocycles. The summed E-state index contributed by atoms with van der Waals surface area (Å²) < 4.78 is 1.65. The van der Waals surface area contributed by atoms with Gasteiger partial charge in [0.1, 0.15) is 0 Å². The van der Waals surface area contributed by atoms with E-state index < -0.39 is 5.97 Å². The molecule has 6 nitrogen and oxygen atoms in total. The van der Waals surface area contributed by atoms with E-state index in [9.17, 15) is 4.79 Å². The molecule has 1 N–H and O–H groups in total. The highest BCUT2D eigenvalue weighted by Gasteiger charge is 2.21. The average Bonchev–Trinajstić information content (AvgIpc) is 2.98. The maximum atomic E-state index is 11.2. The van der Waals surface area contributed by atoms with Gasteiger partial charge < -0.3 is 5.11 Å². The van der Waals surface area contributed by atoms with Crippen LogP contribution in [0, 0.1) is 0 Å². The number of carbonyl (C=O) groups is 1. The van der Waals surface area contributed by atoms with Crippen LogP contribution in [0.4, 0.5) is 0 Å². The fourth-order valence-corrected chi connectivity index (χ4v) is 2.89. The second-order valence-corrected chi connectivity index (χ2v) is 6.85. The van der Waals surface area contributed by atoms with Crippen LogP contribution in [-0.4, -0.2) is 31.1 Å². The summed E-state index contributed by atoms with van der Waals surface area (Å²) in [7, 11) is 0. The Bertz CT molecular complexity index is 640. The number of hydrogen-bond acceptors (Lipinski definition) is 5. The Labute approximate surface area is 127 Å². The Morgan fingerprint density at radius 2 is 2.14 bits per heavy atom.